The summed E-state index contributed by atoms with van der Waals surface area (Å²) in [5, 5.41) is 0.122. The molecule has 0 saturated heterocycles. The summed E-state index contributed by atoms with van der Waals surface area (Å²) in [5.74, 6) is 0.543. The normalized spacial score (nSPS) is 13.1. The zero-order valence-electron chi connectivity index (χ0n) is 8.00. The van der Waals surface area contributed by atoms with Gasteiger partial charge in [0.15, 0.2) is 0 Å². The summed E-state index contributed by atoms with van der Waals surface area (Å²) in [6, 6.07) is 8.25. The lowest BCUT2D eigenvalue weighted by Gasteiger charge is -1.91. The topological polar surface area (TPSA) is 0 Å². The van der Waals surface area contributed by atoms with Crippen LogP contribution in [0.2, 0.25) is 0 Å². The fourth-order valence-electron chi connectivity index (χ4n) is 0.995. The molecular formula is C12H12Cl2. The third-order valence-electron chi connectivity index (χ3n) is 1.69. The molecule has 0 saturated carbocycles. The molecule has 0 amide bonds. The summed E-state index contributed by atoms with van der Waals surface area (Å²) >= 11 is 10.5. The zero-order valence-corrected chi connectivity index (χ0v) is 9.52. The smallest absolute Gasteiger partial charge is 0.0443 e. The molecule has 0 heterocycles. The Balaban J connectivity index is 0.000000171. The Morgan fingerprint density at radius 2 is 1.64 bits per heavy atom. The van der Waals surface area contributed by atoms with Gasteiger partial charge < -0.3 is 0 Å². The number of hydrogen-bond acceptors (Lipinski definition) is 0. The molecule has 14 heavy (non-hydrogen) atoms. The van der Waals surface area contributed by atoms with Crippen molar-refractivity contribution in [2.24, 2.45) is 0 Å². The molecule has 2 heteroatoms. The van der Waals surface area contributed by atoms with Gasteiger partial charge in [-0.3, -0.25) is 0 Å². The molecule has 1 aliphatic rings. The van der Waals surface area contributed by atoms with E-state index in [1.54, 1.807) is 0 Å². The molecule has 0 N–H and O–H groups in total. The highest BCUT2D eigenvalue weighted by atomic mass is 35.5. The fourth-order valence-corrected chi connectivity index (χ4v) is 0.995. The van der Waals surface area contributed by atoms with Crippen LogP contribution in [-0.4, -0.2) is 11.3 Å². The van der Waals surface area contributed by atoms with E-state index in [2.05, 4.69) is 17.9 Å². The van der Waals surface area contributed by atoms with Crippen molar-refractivity contribution in [3.05, 3.63) is 41.1 Å². The Kier molecular flexibility index (Phi) is 4.82. The van der Waals surface area contributed by atoms with E-state index in [4.69, 9.17) is 23.2 Å². The van der Waals surface area contributed by atoms with E-state index in [1.807, 2.05) is 31.2 Å². The molecule has 0 aliphatic heterocycles. The molecule has 2 rings (SSSR count). The van der Waals surface area contributed by atoms with Crippen LogP contribution in [0.25, 0.3) is 12.2 Å². The van der Waals surface area contributed by atoms with E-state index < -0.39 is 0 Å². The zero-order chi connectivity index (χ0) is 10.4. The first-order chi connectivity index (χ1) is 6.74. The first kappa shape index (κ1) is 11.4. The maximum Gasteiger partial charge on any atom is 0.0443 e. The lowest BCUT2D eigenvalue weighted by atomic mass is 10.1. The third-order valence-corrected chi connectivity index (χ3v) is 2.46. The lowest BCUT2D eigenvalue weighted by molar-refractivity contribution is 1.11. The van der Waals surface area contributed by atoms with Crippen LogP contribution in [0.15, 0.2) is 30.0 Å². The van der Waals surface area contributed by atoms with Crippen LogP contribution < -0.4 is 0 Å². The Morgan fingerprint density at radius 1 is 1.21 bits per heavy atom. The second kappa shape index (κ2) is 5.93. The fraction of sp³-hybridized carbons (Fsp3) is 0.250. The predicted octanol–water partition coefficient (Wildman–Crippen LogP) is 4.18. The number of fused-ring (bicyclic) bond motifs is 1. The lowest BCUT2D eigenvalue weighted by Crippen LogP contribution is -1.87. The Labute approximate surface area is 94.8 Å². The average Bonchev–Trinajstić information content (AvgIpc) is 2.66. The van der Waals surface area contributed by atoms with Crippen LogP contribution >= 0.6 is 23.2 Å². The average molecular weight is 227 g/mol. The quantitative estimate of drug-likeness (QED) is 0.506. The first-order valence-corrected chi connectivity index (χ1v) is 5.42. The Bertz CT molecular complexity index is 320. The second-order valence-electron chi connectivity index (χ2n) is 3.02. The molecule has 0 fully saturated rings. The molecule has 1 unspecified atom stereocenters. The monoisotopic (exact) mass is 226 g/mol. The SMILES string of the molecule is C1=Cc2ccccc2C=1.CC(Cl)CCl. The van der Waals surface area contributed by atoms with E-state index in [0.717, 1.165) is 0 Å². The van der Waals surface area contributed by atoms with E-state index in [-0.39, 0.29) is 5.38 Å². The van der Waals surface area contributed by atoms with E-state index in [9.17, 15) is 0 Å². The Hall–Kier alpha value is -0.680. The van der Waals surface area contributed by atoms with Crippen molar-refractivity contribution in [1.29, 1.82) is 0 Å². The van der Waals surface area contributed by atoms with E-state index in [0.29, 0.717) is 5.88 Å². The van der Waals surface area contributed by atoms with Crippen LogP contribution in [0.3, 0.4) is 0 Å². The van der Waals surface area contributed by atoms with Gasteiger partial charge in [0.25, 0.3) is 0 Å². The minimum Gasteiger partial charge on any atom is -0.125 e. The van der Waals surface area contributed by atoms with E-state index >= 15 is 0 Å². The molecule has 0 bridgehead atoms. The highest BCUT2D eigenvalue weighted by molar-refractivity contribution is 6.27. The van der Waals surface area contributed by atoms with E-state index in [1.165, 1.54) is 11.1 Å². The van der Waals surface area contributed by atoms with Crippen molar-refractivity contribution >= 4 is 35.4 Å². The van der Waals surface area contributed by atoms with Crippen molar-refractivity contribution in [3.63, 3.8) is 0 Å². The summed E-state index contributed by atoms with van der Waals surface area (Å²) < 4.78 is 0. The molecule has 0 radical (unpaired) electrons. The maximum atomic E-state index is 5.33. The number of rotatable bonds is 1. The van der Waals surface area contributed by atoms with Crippen LogP contribution in [0.5, 0.6) is 0 Å². The second-order valence-corrected chi connectivity index (χ2v) is 4.07. The van der Waals surface area contributed by atoms with Gasteiger partial charge in [-0.15, -0.1) is 28.9 Å². The van der Waals surface area contributed by atoms with Crippen LogP contribution in [-0.2, 0) is 0 Å². The van der Waals surface area contributed by atoms with Gasteiger partial charge in [-0.05, 0) is 30.2 Å². The van der Waals surface area contributed by atoms with Crippen LogP contribution in [0, 0.1) is 0 Å². The van der Waals surface area contributed by atoms with Gasteiger partial charge in [0.2, 0.25) is 0 Å². The Morgan fingerprint density at radius 3 is 2.00 bits per heavy atom. The van der Waals surface area contributed by atoms with Crippen LogP contribution in [0.4, 0.5) is 0 Å². The molecule has 1 aromatic rings. The summed E-state index contributed by atoms with van der Waals surface area (Å²) in [5.41, 5.74) is 5.59. The maximum absolute atomic E-state index is 5.33. The molecule has 0 aromatic heterocycles. The number of benzene rings is 1. The van der Waals surface area contributed by atoms with Crippen molar-refractivity contribution in [2.75, 3.05) is 5.88 Å². The highest BCUT2D eigenvalue weighted by Gasteiger charge is 1.95. The molecule has 74 valence electrons. The van der Waals surface area contributed by atoms with Gasteiger partial charge in [0.1, 0.15) is 0 Å². The van der Waals surface area contributed by atoms with Gasteiger partial charge in [0, 0.05) is 11.3 Å². The summed E-state index contributed by atoms with van der Waals surface area (Å²) in [4.78, 5) is 0. The third kappa shape index (κ3) is 3.59. The standard InChI is InChI=1S/C9H6.C3H6Cl2/c1-2-5-9-7-3-6-8(9)4-1;1-3(5)2-4/h1-2,4-7H;3H,2H2,1H3. The van der Waals surface area contributed by atoms with Crippen molar-refractivity contribution in [3.8, 4) is 0 Å². The molecule has 0 spiro atoms. The summed E-state index contributed by atoms with van der Waals surface area (Å²) in [6.45, 7) is 1.86. The van der Waals surface area contributed by atoms with Gasteiger partial charge in [0.05, 0.1) is 0 Å². The minimum atomic E-state index is 0.122. The minimum absolute atomic E-state index is 0.122. The van der Waals surface area contributed by atoms with Gasteiger partial charge >= 0.3 is 0 Å². The molecule has 1 atom stereocenters. The van der Waals surface area contributed by atoms with Gasteiger partial charge in [-0.2, -0.15) is 0 Å². The number of hydrogen-bond donors (Lipinski definition) is 0. The molecule has 1 aromatic carbocycles. The van der Waals surface area contributed by atoms with Crippen LogP contribution in [0.1, 0.15) is 18.1 Å². The van der Waals surface area contributed by atoms with Crippen molar-refractivity contribution in [2.45, 2.75) is 12.3 Å². The molecule has 0 nitrogen and oxygen atoms in total. The highest BCUT2D eigenvalue weighted by Crippen LogP contribution is 2.15. The van der Waals surface area contributed by atoms with Gasteiger partial charge in [-0.25, -0.2) is 0 Å². The van der Waals surface area contributed by atoms with Crippen molar-refractivity contribution < 1.29 is 0 Å². The summed E-state index contributed by atoms with van der Waals surface area (Å²) in [6.07, 6.45) is 3.99. The number of alkyl halides is 2. The predicted molar refractivity (Wildman–Crippen MR) is 64.9 cm³/mol. The number of halogens is 2. The molecule has 1 aliphatic carbocycles. The summed E-state index contributed by atoms with van der Waals surface area (Å²) in [7, 11) is 0. The largest absolute Gasteiger partial charge is 0.125 e. The van der Waals surface area contributed by atoms with Crippen molar-refractivity contribution in [1.82, 2.24) is 0 Å². The van der Waals surface area contributed by atoms with Gasteiger partial charge in [-0.1, -0.05) is 24.3 Å². The first-order valence-electron chi connectivity index (χ1n) is 4.45. The molecular weight excluding hydrogens is 215 g/mol.